The van der Waals surface area contributed by atoms with Gasteiger partial charge < -0.3 is 35.8 Å². The highest BCUT2D eigenvalue weighted by Gasteiger charge is 2.45. The van der Waals surface area contributed by atoms with Gasteiger partial charge in [-0.15, -0.1) is 0 Å². The zero-order valence-corrected chi connectivity index (χ0v) is 24.0. The lowest BCUT2D eigenvalue weighted by atomic mass is 9.86. The molecule has 1 aromatic heterocycles. The largest absolute Gasteiger partial charge is 0.489 e. The first kappa shape index (κ1) is 30.3. The molecule has 2 aliphatic carbocycles. The fourth-order valence-electron chi connectivity index (χ4n) is 4.82. The minimum absolute atomic E-state index is 0.0144. The number of aliphatic hydroxyl groups excluding tert-OH is 2. The van der Waals surface area contributed by atoms with Gasteiger partial charge in [0, 0.05) is 28.3 Å². The number of pyridine rings is 1. The number of benzene rings is 1. The van der Waals surface area contributed by atoms with Crippen LogP contribution in [0.15, 0.2) is 63.4 Å². The van der Waals surface area contributed by atoms with Crippen molar-refractivity contribution in [1.29, 1.82) is 0 Å². The molecule has 1 saturated heterocycles. The number of nitrogens with zero attached hydrogens (tertiary/aromatic N) is 2. The molecule has 0 bridgehead atoms. The van der Waals surface area contributed by atoms with Crippen molar-refractivity contribution < 1.29 is 39.1 Å². The molecule has 14 heteroatoms. The van der Waals surface area contributed by atoms with Gasteiger partial charge in [-0.1, -0.05) is 40.9 Å². The molecule has 42 heavy (non-hydrogen) atoms. The first-order valence-corrected chi connectivity index (χ1v) is 13.9. The molecule has 0 amide bonds. The number of hydrogen-bond acceptors (Lipinski definition) is 9. The van der Waals surface area contributed by atoms with Crippen LogP contribution in [0.1, 0.15) is 28.8 Å². The van der Waals surface area contributed by atoms with E-state index in [2.05, 4.69) is 4.98 Å². The predicted molar refractivity (Wildman–Crippen MR) is 152 cm³/mol. The topological polar surface area (TPSA) is 166 Å². The molecule has 1 aliphatic heterocycles. The molecular formula is C28H25Cl3FN3O7. The summed E-state index contributed by atoms with van der Waals surface area (Å²) in [5.74, 6) is -2.46. The minimum Gasteiger partial charge on any atom is -0.489 e. The summed E-state index contributed by atoms with van der Waals surface area (Å²) in [6, 6.07) is 5.39. The number of aromatic nitrogens is 1. The third kappa shape index (κ3) is 5.72. The average Bonchev–Trinajstić information content (AvgIpc) is 3.76. The second kappa shape index (κ2) is 11.5. The maximum absolute atomic E-state index is 14.4. The number of hydrogen-bond donors (Lipinski definition) is 5. The van der Waals surface area contributed by atoms with Crippen molar-refractivity contribution in [2.45, 2.75) is 30.7 Å². The second-order valence-corrected chi connectivity index (χ2v) is 11.6. The van der Waals surface area contributed by atoms with Gasteiger partial charge in [0.25, 0.3) is 0 Å². The molecule has 1 aromatic carbocycles. The van der Waals surface area contributed by atoms with E-state index in [-0.39, 0.29) is 80.5 Å². The van der Waals surface area contributed by atoms with Gasteiger partial charge in [-0.05, 0) is 37.1 Å². The maximum atomic E-state index is 14.4. The van der Waals surface area contributed by atoms with Crippen LogP contribution in [0.25, 0.3) is 0 Å². The molecule has 0 radical (unpaired) electrons. The number of carbonyl (C=O) groups is 2. The SMILES string of the molecule is NC(=C(COc1ccc(C2(O)CN(c3ncc(C(=O)O)cc3F)C2)c(Cl)c1)C(=O)C1CC1)C1=C(Cl)C(O)C(O)C=C1Cl. The van der Waals surface area contributed by atoms with Gasteiger partial charge in [0.15, 0.2) is 17.4 Å². The van der Waals surface area contributed by atoms with Crippen molar-refractivity contribution in [1.82, 2.24) is 4.98 Å². The number of β-amino-alcohol motifs (C(OH)–C–C–N with tert-alkyl or cyclic N) is 1. The van der Waals surface area contributed by atoms with Crippen LogP contribution in [0.4, 0.5) is 10.2 Å². The van der Waals surface area contributed by atoms with Gasteiger partial charge in [0.1, 0.15) is 30.2 Å². The number of carbonyl (C=O) groups excluding carboxylic acids is 1. The van der Waals surface area contributed by atoms with Crippen molar-refractivity contribution in [3.8, 4) is 5.75 Å². The number of halogens is 4. The summed E-state index contributed by atoms with van der Waals surface area (Å²) in [7, 11) is 0. The number of aliphatic hydroxyl groups is 3. The zero-order chi connectivity index (χ0) is 30.5. The molecule has 3 aliphatic rings. The number of Topliss-reactive ketones (excluding diaryl/α,β-unsaturated/α-hetero) is 1. The van der Waals surface area contributed by atoms with Crippen LogP contribution in [0.2, 0.25) is 5.02 Å². The van der Waals surface area contributed by atoms with E-state index in [1.807, 2.05) is 0 Å². The molecule has 6 N–H and O–H groups in total. The molecule has 5 rings (SSSR count). The Morgan fingerprint density at radius 3 is 2.45 bits per heavy atom. The second-order valence-electron chi connectivity index (χ2n) is 10.4. The molecule has 1 saturated carbocycles. The highest BCUT2D eigenvalue weighted by atomic mass is 35.5. The lowest BCUT2D eigenvalue weighted by Gasteiger charge is -2.47. The molecule has 2 heterocycles. The van der Waals surface area contributed by atoms with Gasteiger partial charge in [-0.25, -0.2) is 14.2 Å². The Morgan fingerprint density at radius 1 is 1.17 bits per heavy atom. The van der Waals surface area contributed by atoms with Gasteiger partial charge in [-0.3, -0.25) is 4.79 Å². The Morgan fingerprint density at radius 2 is 1.86 bits per heavy atom. The molecule has 222 valence electrons. The van der Waals surface area contributed by atoms with Crippen LogP contribution in [0.5, 0.6) is 5.75 Å². The molecule has 2 atom stereocenters. The van der Waals surface area contributed by atoms with E-state index in [4.69, 9.17) is 50.4 Å². The molecule has 0 spiro atoms. The van der Waals surface area contributed by atoms with Crippen LogP contribution >= 0.6 is 34.8 Å². The van der Waals surface area contributed by atoms with E-state index < -0.39 is 29.6 Å². The van der Waals surface area contributed by atoms with Crippen molar-refractivity contribution in [3.05, 3.63) is 85.4 Å². The summed E-state index contributed by atoms with van der Waals surface area (Å²) in [5, 5.41) is 40.2. The van der Waals surface area contributed by atoms with Crippen molar-refractivity contribution in [3.63, 3.8) is 0 Å². The monoisotopic (exact) mass is 639 g/mol. The smallest absolute Gasteiger partial charge is 0.337 e. The number of anilines is 1. The highest BCUT2D eigenvalue weighted by molar-refractivity contribution is 6.37. The number of allylic oxidation sites excluding steroid dienone is 1. The molecule has 2 fully saturated rings. The third-order valence-electron chi connectivity index (χ3n) is 7.32. The van der Waals surface area contributed by atoms with E-state index in [1.54, 1.807) is 6.07 Å². The van der Waals surface area contributed by atoms with Crippen molar-refractivity contribution in [2.75, 3.05) is 24.6 Å². The first-order chi connectivity index (χ1) is 19.8. The lowest BCUT2D eigenvalue weighted by molar-refractivity contribution is -0.117. The normalized spacial score (nSPS) is 22.3. The number of ketones is 1. The van der Waals surface area contributed by atoms with Crippen molar-refractivity contribution in [2.24, 2.45) is 11.7 Å². The Bertz CT molecular complexity index is 1570. The minimum atomic E-state index is -1.46. The predicted octanol–water partition coefficient (Wildman–Crippen LogP) is 3.20. The van der Waals surface area contributed by atoms with Gasteiger partial charge in [-0.2, -0.15) is 0 Å². The quantitative estimate of drug-likeness (QED) is 0.257. The number of rotatable bonds is 9. The lowest BCUT2D eigenvalue weighted by Crippen LogP contribution is -2.60. The Labute approximate surface area is 254 Å². The number of ether oxygens (including phenoxy) is 1. The summed E-state index contributed by atoms with van der Waals surface area (Å²) in [5.41, 5.74) is 5.01. The molecule has 2 aromatic rings. The summed E-state index contributed by atoms with van der Waals surface area (Å²) < 4.78 is 20.3. The Hall–Kier alpha value is -3.19. The molecular weight excluding hydrogens is 616 g/mol. The Balaban J connectivity index is 1.33. The standard InChI is InChI=1S/C28H25Cl3FN3O7/c29-17-6-14(3-4-16(17)28(41)10-35(11-28)26-19(32)5-13(8-34-26)27(39)40)42-9-15(24(37)12-1-2-12)23(33)21-18(30)7-20(36)25(38)22(21)31/h3-8,12,20,25,36,38,41H,1-2,9-11,33H2,(H,39,40). The summed E-state index contributed by atoms with van der Waals surface area (Å²) in [4.78, 5) is 29.5. The van der Waals surface area contributed by atoms with Gasteiger partial charge in [0.2, 0.25) is 0 Å². The Kier molecular flexibility index (Phi) is 8.27. The zero-order valence-electron chi connectivity index (χ0n) is 21.7. The van der Waals surface area contributed by atoms with Crippen LogP contribution in [0, 0.1) is 11.7 Å². The van der Waals surface area contributed by atoms with E-state index in [1.165, 1.54) is 23.1 Å². The number of carboxylic acid groups (broad SMARTS) is 1. The van der Waals surface area contributed by atoms with Crippen LogP contribution in [0.3, 0.4) is 0 Å². The van der Waals surface area contributed by atoms with E-state index in [0.29, 0.717) is 18.4 Å². The molecule has 2 unspecified atom stereocenters. The van der Waals surface area contributed by atoms with Crippen LogP contribution < -0.4 is 15.4 Å². The number of carboxylic acids is 1. The van der Waals surface area contributed by atoms with Crippen molar-refractivity contribution >= 4 is 52.4 Å². The number of aromatic carboxylic acids is 1. The fraction of sp³-hybridized carbons (Fsp3) is 0.321. The molecule has 10 nitrogen and oxygen atoms in total. The van der Waals surface area contributed by atoms with Gasteiger partial charge >= 0.3 is 5.97 Å². The number of nitrogens with two attached hydrogens (primary N) is 1. The van der Waals surface area contributed by atoms with Crippen LogP contribution in [-0.2, 0) is 10.4 Å². The summed E-state index contributed by atoms with van der Waals surface area (Å²) in [6.07, 6.45) is 0.804. The summed E-state index contributed by atoms with van der Waals surface area (Å²) >= 11 is 19.0. The fourth-order valence-corrected chi connectivity index (χ4v) is 5.88. The maximum Gasteiger partial charge on any atom is 0.337 e. The van der Waals surface area contributed by atoms with E-state index in [9.17, 15) is 29.3 Å². The summed E-state index contributed by atoms with van der Waals surface area (Å²) in [6.45, 7) is -0.372. The third-order valence-corrected chi connectivity index (χ3v) is 8.36. The van der Waals surface area contributed by atoms with Crippen LogP contribution in [-0.4, -0.2) is 69.1 Å². The highest BCUT2D eigenvalue weighted by Crippen LogP contribution is 2.41. The van der Waals surface area contributed by atoms with E-state index >= 15 is 0 Å². The average molecular weight is 641 g/mol. The van der Waals surface area contributed by atoms with Gasteiger partial charge in [0.05, 0.1) is 40.0 Å². The first-order valence-electron chi connectivity index (χ1n) is 12.8. The van der Waals surface area contributed by atoms with E-state index in [0.717, 1.165) is 12.3 Å².